The minimum Gasteiger partial charge on any atom is -0.423 e. The molecule has 4 heteroatoms. The van der Waals surface area contributed by atoms with Crippen LogP contribution in [0.25, 0.3) is 87.6 Å². The monoisotopic (exact) mass is 782 g/mol. The zero-order chi connectivity index (χ0) is 38.0. The Bertz CT molecular complexity index is 2870. The van der Waals surface area contributed by atoms with Crippen LogP contribution in [0.3, 0.4) is 0 Å². The van der Waals surface area contributed by atoms with Crippen LogP contribution in [-0.4, -0.2) is 17.2 Å². The lowest BCUT2D eigenvalue weighted by Crippen LogP contribution is -2.29. The molecule has 0 aliphatic rings. The second-order valence-electron chi connectivity index (χ2n) is 13.9. The fraction of sp³-hybridized carbons (Fsp3) is 0. The van der Waals surface area contributed by atoms with E-state index in [1.807, 2.05) is 18.2 Å². The molecular weight excluding hydrogens is 747 g/mol. The first-order valence-electron chi connectivity index (χ1n) is 18.8. The summed E-state index contributed by atoms with van der Waals surface area (Å²) < 4.78 is 1.10. The highest BCUT2D eigenvalue weighted by atomic mass is 79.9. The molecule has 0 aliphatic carbocycles. The third-order valence-electron chi connectivity index (χ3n) is 10.6. The fourth-order valence-electron chi connectivity index (χ4n) is 8.15. The smallest absolute Gasteiger partial charge is 0.423 e. The molecule has 0 heterocycles. The van der Waals surface area contributed by atoms with E-state index >= 15 is 0 Å². The average molecular weight is 784 g/mol. The van der Waals surface area contributed by atoms with Crippen LogP contribution in [0.2, 0.25) is 0 Å². The fourth-order valence-corrected chi connectivity index (χ4v) is 8.41. The predicted octanol–water partition coefficient (Wildman–Crippen LogP) is 13.1. The van der Waals surface area contributed by atoms with Crippen LogP contribution in [0.15, 0.2) is 211 Å². The largest absolute Gasteiger partial charge is 0.488 e. The van der Waals surface area contributed by atoms with E-state index in [1.165, 1.54) is 76.5 Å². The lowest BCUT2D eigenvalue weighted by molar-refractivity contribution is 0.426. The summed E-state index contributed by atoms with van der Waals surface area (Å²) in [5.41, 5.74) is 10.3. The maximum atomic E-state index is 9.45. The Morgan fingerprint density at radius 1 is 0.268 bits per heavy atom. The Morgan fingerprint density at radius 3 is 0.768 bits per heavy atom. The van der Waals surface area contributed by atoms with Crippen molar-refractivity contribution in [2.75, 3.05) is 0 Å². The minimum atomic E-state index is -1.46. The summed E-state index contributed by atoms with van der Waals surface area (Å²) >= 11 is 3.56. The molecule has 0 unspecified atom stereocenters. The highest BCUT2D eigenvalue weighted by Gasteiger charge is 2.18. The highest BCUT2D eigenvalue weighted by molar-refractivity contribution is 9.10. The molecule has 266 valence electrons. The molecule has 0 fully saturated rings. The molecule has 0 aliphatic heterocycles. The van der Waals surface area contributed by atoms with Crippen molar-refractivity contribution in [3.8, 4) is 44.5 Å². The van der Waals surface area contributed by atoms with E-state index in [0.29, 0.717) is 5.46 Å². The van der Waals surface area contributed by atoms with Crippen LogP contribution in [-0.2, 0) is 0 Å². The Morgan fingerprint density at radius 2 is 0.500 bits per heavy atom. The van der Waals surface area contributed by atoms with Gasteiger partial charge in [-0.1, -0.05) is 210 Å². The van der Waals surface area contributed by atoms with E-state index in [-0.39, 0.29) is 0 Å². The van der Waals surface area contributed by atoms with Gasteiger partial charge in [-0.25, -0.2) is 0 Å². The third-order valence-corrected chi connectivity index (χ3v) is 11.1. The molecule has 0 aromatic heterocycles. The van der Waals surface area contributed by atoms with Crippen LogP contribution < -0.4 is 5.46 Å². The van der Waals surface area contributed by atoms with Gasteiger partial charge >= 0.3 is 7.12 Å². The molecule has 0 saturated carbocycles. The van der Waals surface area contributed by atoms with Crippen molar-refractivity contribution < 1.29 is 10.0 Å². The topological polar surface area (TPSA) is 40.5 Å². The third kappa shape index (κ3) is 6.59. The zero-order valence-electron chi connectivity index (χ0n) is 30.5. The standard InChI is InChI=1S/C26H19BO2.C26H17Br/c28-27(29)20-16-14-19(15-17-20)26-23-12-6-4-10-21(23)25(18-8-2-1-3-9-18)22-11-5-7-13-24(22)26;27-20-16-14-19(15-17-20)26-23-12-6-4-10-21(23)25(18-8-2-1-3-9-18)22-11-5-7-13-24(22)26/h1-17,28-29H;1-17H. The first-order valence-corrected chi connectivity index (χ1v) is 19.6. The zero-order valence-corrected chi connectivity index (χ0v) is 32.1. The average Bonchev–Trinajstić information content (AvgIpc) is 3.26. The summed E-state index contributed by atoms with van der Waals surface area (Å²) in [6, 6.07) is 71.8. The van der Waals surface area contributed by atoms with Crippen molar-refractivity contribution in [2.24, 2.45) is 0 Å². The van der Waals surface area contributed by atoms with Gasteiger partial charge in [0.1, 0.15) is 0 Å². The van der Waals surface area contributed by atoms with Crippen molar-refractivity contribution in [1.29, 1.82) is 0 Å². The maximum Gasteiger partial charge on any atom is 0.488 e. The second-order valence-corrected chi connectivity index (χ2v) is 14.8. The maximum absolute atomic E-state index is 9.45. The van der Waals surface area contributed by atoms with Gasteiger partial charge in [0, 0.05) is 4.47 Å². The van der Waals surface area contributed by atoms with Crippen molar-refractivity contribution in [1.82, 2.24) is 0 Å². The van der Waals surface area contributed by atoms with Crippen molar-refractivity contribution in [3.05, 3.63) is 211 Å². The molecule has 0 radical (unpaired) electrons. The Hall–Kier alpha value is -6.30. The SMILES string of the molecule is Brc1ccc(-c2c3ccccc3c(-c3ccccc3)c3ccccc23)cc1.OB(O)c1ccc(-c2c3ccccc3c(-c3ccccc3)c3ccccc23)cc1. The molecular formula is C52H36BBrO2. The molecule has 10 rings (SSSR count). The van der Waals surface area contributed by atoms with E-state index in [2.05, 4.69) is 192 Å². The van der Waals surface area contributed by atoms with E-state index in [4.69, 9.17) is 0 Å². The normalized spacial score (nSPS) is 11.1. The molecule has 56 heavy (non-hydrogen) atoms. The minimum absolute atomic E-state index is 0.489. The van der Waals surface area contributed by atoms with Gasteiger partial charge in [0.25, 0.3) is 0 Å². The number of hydrogen-bond acceptors (Lipinski definition) is 2. The Kier molecular flexibility index (Phi) is 9.77. The van der Waals surface area contributed by atoms with E-state index in [9.17, 15) is 10.0 Å². The van der Waals surface area contributed by atoms with Gasteiger partial charge in [0.15, 0.2) is 0 Å². The van der Waals surface area contributed by atoms with Gasteiger partial charge in [-0.3, -0.25) is 0 Å². The van der Waals surface area contributed by atoms with Crippen LogP contribution in [0, 0.1) is 0 Å². The lowest BCUT2D eigenvalue weighted by atomic mass is 9.79. The Labute approximate surface area is 335 Å². The van der Waals surface area contributed by atoms with Crippen LogP contribution in [0.4, 0.5) is 0 Å². The van der Waals surface area contributed by atoms with Crippen LogP contribution in [0.5, 0.6) is 0 Å². The van der Waals surface area contributed by atoms with Crippen molar-refractivity contribution in [3.63, 3.8) is 0 Å². The number of benzene rings is 10. The van der Waals surface area contributed by atoms with Crippen molar-refractivity contribution in [2.45, 2.75) is 0 Å². The molecule has 0 bridgehead atoms. The van der Waals surface area contributed by atoms with Gasteiger partial charge in [0.05, 0.1) is 0 Å². The first-order chi connectivity index (χ1) is 27.6. The molecule has 10 aromatic rings. The number of hydrogen-bond donors (Lipinski definition) is 2. The van der Waals surface area contributed by atoms with Crippen LogP contribution in [0.1, 0.15) is 0 Å². The van der Waals surface area contributed by atoms with Gasteiger partial charge in [-0.05, 0) is 105 Å². The Balaban J connectivity index is 0.000000147. The van der Waals surface area contributed by atoms with Crippen molar-refractivity contribution >= 4 is 71.6 Å². The second kappa shape index (κ2) is 15.4. The molecule has 0 atom stereocenters. The molecule has 0 spiro atoms. The van der Waals surface area contributed by atoms with Gasteiger partial charge < -0.3 is 10.0 Å². The molecule has 0 amide bonds. The molecule has 10 aromatic carbocycles. The van der Waals surface area contributed by atoms with Crippen LogP contribution >= 0.6 is 15.9 Å². The van der Waals surface area contributed by atoms with E-state index < -0.39 is 7.12 Å². The van der Waals surface area contributed by atoms with E-state index in [0.717, 1.165) is 15.6 Å². The molecule has 0 saturated heterocycles. The van der Waals surface area contributed by atoms with Gasteiger partial charge in [0.2, 0.25) is 0 Å². The lowest BCUT2D eigenvalue weighted by Gasteiger charge is -2.17. The van der Waals surface area contributed by atoms with Gasteiger partial charge in [-0.15, -0.1) is 0 Å². The number of halogens is 1. The summed E-state index contributed by atoms with van der Waals surface area (Å²) in [4.78, 5) is 0. The summed E-state index contributed by atoms with van der Waals surface area (Å²) in [6.45, 7) is 0. The summed E-state index contributed by atoms with van der Waals surface area (Å²) in [5, 5.41) is 28.8. The number of rotatable bonds is 5. The number of fused-ring (bicyclic) bond motifs is 4. The van der Waals surface area contributed by atoms with Gasteiger partial charge in [-0.2, -0.15) is 0 Å². The first kappa shape index (κ1) is 35.4. The summed E-state index contributed by atoms with van der Waals surface area (Å²) in [5.74, 6) is 0. The van der Waals surface area contributed by atoms with E-state index in [1.54, 1.807) is 12.1 Å². The summed E-state index contributed by atoms with van der Waals surface area (Å²) in [6.07, 6.45) is 0. The highest BCUT2D eigenvalue weighted by Crippen LogP contribution is 2.45. The quantitative estimate of drug-likeness (QED) is 0.135. The molecule has 2 N–H and O–H groups in total. The molecule has 2 nitrogen and oxygen atoms in total. The predicted molar refractivity (Wildman–Crippen MR) is 242 cm³/mol. The summed E-state index contributed by atoms with van der Waals surface area (Å²) in [7, 11) is -1.46.